The van der Waals surface area contributed by atoms with Crippen molar-refractivity contribution in [1.82, 2.24) is 0 Å². The van der Waals surface area contributed by atoms with Gasteiger partial charge in [-0.05, 0) is 49.7 Å². The van der Waals surface area contributed by atoms with E-state index in [1.165, 1.54) is 12.1 Å². The second-order valence-electron chi connectivity index (χ2n) is 6.29. The summed E-state index contributed by atoms with van der Waals surface area (Å²) in [6, 6.07) is 10.2. The van der Waals surface area contributed by atoms with Crippen molar-refractivity contribution in [1.29, 1.82) is 0 Å². The Morgan fingerprint density at radius 2 is 1.85 bits per heavy atom. The maximum Gasteiger partial charge on any atom is 0.165 e. The van der Waals surface area contributed by atoms with Crippen molar-refractivity contribution in [2.45, 2.75) is 33.1 Å². The van der Waals surface area contributed by atoms with E-state index in [-0.39, 0.29) is 5.82 Å². The number of hydrogen-bond acceptors (Lipinski definition) is 4. The van der Waals surface area contributed by atoms with E-state index in [1.807, 2.05) is 19.1 Å². The summed E-state index contributed by atoms with van der Waals surface area (Å²) in [5, 5.41) is 8.75. The van der Waals surface area contributed by atoms with Crippen molar-refractivity contribution < 1.29 is 13.9 Å². The maximum absolute atomic E-state index is 13.3. The van der Waals surface area contributed by atoms with Crippen molar-refractivity contribution in [3.05, 3.63) is 58.9 Å². The number of rotatable bonds is 6. The molecule has 0 bridgehead atoms. The van der Waals surface area contributed by atoms with Gasteiger partial charge in [0.05, 0.1) is 13.7 Å². The van der Waals surface area contributed by atoms with Crippen LogP contribution in [0.3, 0.4) is 0 Å². The highest BCUT2D eigenvalue weighted by Crippen LogP contribution is 2.36. The average molecular weight is 354 g/mol. The van der Waals surface area contributed by atoms with E-state index in [4.69, 9.17) is 9.47 Å². The molecule has 3 rings (SSSR count). The van der Waals surface area contributed by atoms with Crippen molar-refractivity contribution in [3.8, 4) is 11.5 Å². The van der Waals surface area contributed by atoms with Gasteiger partial charge in [0.25, 0.3) is 0 Å². The van der Waals surface area contributed by atoms with Crippen LogP contribution in [0.15, 0.2) is 46.6 Å². The number of halogens is 1. The maximum atomic E-state index is 13.3. The molecule has 0 saturated heterocycles. The average Bonchev–Trinajstić information content (AvgIpc) is 2.81. The minimum Gasteiger partial charge on any atom is -0.493 e. The fourth-order valence-electron chi connectivity index (χ4n) is 2.94. The third-order valence-corrected chi connectivity index (χ3v) is 4.31. The second-order valence-corrected chi connectivity index (χ2v) is 6.29. The number of benzene rings is 2. The number of nitrogens with zero attached hydrogens (tertiary/aromatic N) is 2. The van der Waals surface area contributed by atoms with E-state index in [2.05, 4.69) is 17.1 Å². The zero-order chi connectivity index (χ0) is 18.5. The van der Waals surface area contributed by atoms with Crippen molar-refractivity contribution in [3.63, 3.8) is 0 Å². The Labute approximate surface area is 153 Å². The Kier molecular flexibility index (Phi) is 5.66. The SMILES string of the molecule is CCCCOc1c(OC)ccc2c1CC(C)=NN=C2c1ccc(F)cc1. The Morgan fingerprint density at radius 1 is 1.08 bits per heavy atom. The fourth-order valence-corrected chi connectivity index (χ4v) is 2.94. The highest BCUT2D eigenvalue weighted by molar-refractivity contribution is 6.15. The molecule has 0 radical (unpaired) electrons. The number of hydrogen-bond donors (Lipinski definition) is 0. The Bertz CT molecular complexity index is 842. The van der Waals surface area contributed by atoms with Crippen molar-refractivity contribution in [2.75, 3.05) is 13.7 Å². The van der Waals surface area contributed by atoms with Crippen LogP contribution in [0.5, 0.6) is 11.5 Å². The van der Waals surface area contributed by atoms with E-state index < -0.39 is 0 Å². The first kappa shape index (κ1) is 18.1. The standard InChI is InChI=1S/C21H23FN2O2/c1-4-5-12-26-21-18-13-14(2)23-24-20(15-6-8-16(22)9-7-15)17(18)10-11-19(21)25-3/h6-11H,4-5,12-13H2,1-3H3. The highest BCUT2D eigenvalue weighted by Gasteiger charge is 2.22. The predicted molar refractivity (Wildman–Crippen MR) is 102 cm³/mol. The van der Waals surface area contributed by atoms with Crippen LogP contribution in [-0.2, 0) is 6.42 Å². The number of unbranched alkanes of at least 4 members (excludes halogenated alkanes) is 1. The summed E-state index contributed by atoms with van der Waals surface area (Å²) in [5.41, 5.74) is 4.35. The van der Waals surface area contributed by atoms with Gasteiger partial charge in [-0.2, -0.15) is 5.10 Å². The van der Waals surface area contributed by atoms with Crippen molar-refractivity contribution >= 4 is 11.4 Å². The lowest BCUT2D eigenvalue weighted by molar-refractivity contribution is 0.286. The molecule has 1 heterocycles. The van der Waals surface area contributed by atoms with Gasteiger partial charge in [0.2, 0.25) is 0 Å². The molecule has 0 aliphatic carbocycles. The molecule has 136 valence electrons. The van der Waals surface area contributed by atoms with Gasteiger partial charge in [0.1, 0.15) is 11.5 Å². The van der Waals surface area contributed by atoms with Crippen LogP contribution < -0.4 is 9.47 Å². The first-order valence-corrected chi connectivity index (χ1v) is 8.84. The molecule has 1 aliphatic rings. The lowest BCUT2D eigenvalue weighted by Crippen LogP contribution is -2.11. The lowest BCUT2D eigenvalue weighted by atomic mass is 9.94. The van der Waals surface area contributed by atoms with Gasteiger partial charge in [-0.3, -0.25) is 0 Å². The quantitative estimate of drug-likeness (QED) is 0.701. The molecule has 4 nitrogen and oxygen atoms in total. The van der Waals surface area contributed by atoms with Gasteiger partial charge in [-0.1, -0.05) is 13.3 Å². The summed E-state index contributed by atoms with van der Waals surface area (Å²) in [6.07, 6.45) is 2.65. The summed E-state index contributed by atoms with van der Waals surface area (Å²) in [7, 11) is 1.64. The van der Waals surface area contributed by atoms with E-state index >= 15 is 0 Å². The third-order valence-electron chi connectivity index (χ3n) is 4.31. The van der Waals surface area contributed by atoms with Crippen LogP contribution in [-0.4, -0.2) is 25.1 Å². The topological polar surface area (TPSA) is 43.2 Å². The van der Waals surface area contributed by atoms with Crippen LogP contribution in [0.2, 0.25) is 0 Å². The zero-order valence-corrected chi connectivity index (χ0v) is 15.4. The molecule has 0 amide bonds. The molecule has 2 aromatic carbocycles. The monoisotopic (exact) mass is 354 g/mol. The van der Waals surface area contributed by atoms with Gasteiger partial charge in [0, 0.05) is 28.8 Å². The van der Waals surface area contributed by atoms with Gasteiger partial charge in [-0.25, -0.2) is 4.39 Å². The van der Waals surface area contributed by atoms with Gasteiger partial charge >= 0.3 is 0 Å². The molecular weight excluding hydrogens is 331 g/mol. The van der Waals surface area contributed by atoms with Crippen LogP contribution >= 0.6 is 0 Å². The molecule has 0 atom stereocenters. The minimum absolute atomic E-state index is 0.277. The molecule has 0 unspecified atom stereocenters. The molecule has 0 spiro atoms. The molecule has 0 N–H and O–H groups in total. The Hall–Kier alpha value is -2.69. The summed E-state index contributed by atoms with van der Waals surface area (Å²) in [5.74, 6) is 1.17. The first-order chi connectivity index (χ1) is 12.6. The summed E-state index contributed by atoms with van der Waals surface area (Å²) in [4.78, 5) is 0. The molecule has 0 aromatic heterocycles. The van der Waals surface area contributed by atoms with Crippen molar-refractivity contribution in [2.24, 2.45) is 10.2 Å². The minimum atomic E-state index is -0.277. The van der Waals surface area contributed by atoms with E-state index in [0.29, 0.717) is 24.5 Å². The number of ether oxygens (including phenoxy) is 2. The van der Waals surface area contributed by atoms with Gasteiger partial charge in [-0.15, -0.1) is 5.10 Å². The van der Waals surface area contributed by atoms with E-state index in [0.717, 1.165) is 41.0 Å². The highest BCUT2D eigenvalue weighted by atomic mass is 19.1. The predicted octanol–water partition coefficient (Wildman–Crippen LogP) is 4.78. The molecule has 2 aromatic rings. The van der Waals surface area contributed by atoms with Crippen LogP contribution in [0, 0.1) is 5.82 Å². The van der Waals surface area contributed by atoms with E-state index in [9.17, 15) is 4.39 Å². The van der Waals surface area contributed by atoms with E-state index in [1.54, 1.807) is 19.2 Å². The van der Waals surface area contributed by atoms with Gasteiger partial charge < -0.3 is 9.47 Å². The summed E-state index contributed by atoms with van der Waals surface area (Å²) < 4.78 is 24.9. The molecule has 0 saturated carbocycles. The Balaban J connectivity index is 2.12. The van der Waals surface area contributed by atoms with Crippen LogP contribution in [0.1, 0.15) is 43.4 Å². The normalized spacial score (nSPS) is 13.4. The molecule has 1 aliphatic heterocycles. The number of fused-ring (bicyclic) bond motifs is 1. The van der Waals surface area contributed by atoms with Crippen LogP contribution in [0.4, 0.5) is 4.39 Å². The molecular formula is C21H23FN2O2. The lowest BCUT2D eigenvalue weighted by Gasteiger charge is -2.18. The fraction of sp³-hybridized carbons (Fsp3) is 0.333. The zero-order valence-electron chi connectivity index (χ0n) is 15.4. The Morgan fingerprint density at radius 3 is 2.54 bits per heavy atom. The molecule has 5 heteroatoms. The first-order valence-electron chi connectivity index (χ1n) is 8.84. The third kappa shape index (κ3) is 3.77. The summed E-state index contributed by atoms with van der Waals surface area (Å²) >= 11 is 0. The largest absolute Gasteiger partial charge is 0.493 e. The second kappa shape index (κ2) is 8.13. The smallest absolute Gasteiger partial charge is 0.165 e. The molecule has 0 fully saturated rings. The number of methoxy groups -OCH3 is 1. The van der Waals surface area contributed by atoms with Gasteiger partial charge in [0.15, 0.2) is 11.5 Å². The summed E-state index contributed by atoms with van der Waals surface area (Å²) in [6.45, 7) is 4.70. The van der Waals surface area contributed by atoms with Crippen LogP contribution in [0.25, 0.3) is 0 Å². The molecule has 26 heavy (non-hydrogen) atoms.